The minimum Gasteiger partial charge on any atom is -0.483 e. The van der Waals surface area contributed by atoms with Gasteiger partial charge in [-0.1, -0.05) is 0 Å². The molecule has 12 nitrogen and oxygen atoms in total. The number of aliphatic hydroxyl groups excluding tert-OH is 1. The van der Waals surface area contributed by atoms with Crippen LogP contribution < -0.4 is 10.6 Å². The molecule has 5 N–H and O–H groups in total. The Hall–Kier alpha value is -3.28. The Morgan fingerprint density at radius 3 is 2.80 bits per heavy atom. The van der Waals surface area contributed by atoms with Crippen molar-refractivity contribution in [2.24, 2.45) is 13.0 Å². The maximum absolute atomic E-state index is 12.4. The molecule has 3 atom stereocenters. The summed E-state index contributed by atoms with van der Waals surface area (Å²) in [5.74, 6) is 0.312. The number of hydrogen-bond acceptors (Lipinski definition) is 7. The Kier molecular flexibility index (Phi) is 8.94. The van der Waals surface area contributed by atoms with Crippen LogP contribution in [0, 0.1) is 5.92 Å². The van der Waals surface area contributed by atoms with Crippen molar-refractivity contribution in [1.82, 2.24) is 35.6 Å². The first-order chi connectivity index (χ1) is 14.4. The molecule has 164 valence electrons. The van der Waals surface area contributed by atoms with Crippen molar-refractivity contribution in [1.29, 1.82) is 0 Å². The third-order valence-corrected chi connectivity index (χ3v) is 4.89. The molecule has 0 aromatic carbocycles. The third kappa shape index (κ3) is 6.95. The van der Waals surface area contributed by atoms with Gasteiger partial charge in [-0.15, -0.1) is 0 Å². The maximum atomic E-state index is 12.4. The van der Waals surface area contributed by atoms with Crippen molar-refractivity contribution in [2.45, 2.75) is 44.2 Å². The highest BCUT2D eigenvalue weighted by molar-refractivity contribution is 5.80. The fourth-order valence-electron chi connectivity index (χ4n) is 3.35. The largest absolute Gasteiger partial charge is 0.483 e. The zero-order valence-electron chi connectivity index (χ0n) is 16.7. The Bertz CT molecular complexity index is 808. The molecule has 1 aliphatic carbocycles. The lowest BCUT2D eigenvalue weighted by atomic mass is 9.83. The predicted molar refractivity (Wildman–Crippen MR) is 104 cm³/mol. The maximum Gasteiger partial charge on any atom is 0.290 e. The zero-order valence-corrected chi connectivity index (χ0v) is 16.7. The molecule has 2 aromatic heterocycles. The van der Waals surface area contributed by atoms with Gasteiger partial charge in [-0.3, -0.25) is 24.2 Å². The standard InChI is InChI=1S/C17H25N7O3.CH2O2/c1-24-15(19-10-21-24)5-6-18-17(27)11-2-3-14(25)13(8-11)22-16(26)9-12-4-7-20-23-12;2-1-3/h4,7,10-11,13-14,25H,2-3,5-6,8-9H2,1H3,(H,18,27)(H,20,23)(H,22,26);1H,(H,2,3)/t11-,13+,14+;/m0./s1. The van der Waals surface area contributed by atoms with Gasteiger partial charge in [0.1, 0.15) is 12.2 Å². The summed E-state index contributed by atoms with van der Waals surface area (Å²) in [5, 5.41) is 33.4. The normalized spacial score (nSPS) is 20.5. The second kappa shape index (κ2) is 11.7. The van der Waals surface area contributed by atoms with Gasteiger partial charge in [0.15, 0.2) is 0 Å². The highest BCUT2D eigenvalue weighted by atomic mass is 16.3. The lowest BCUT2D eigenvalue weighted by Gasteiger charge is -2.33. The monoisotopic (exact) mass is 421 g/mol. The molecule has 2 aromatic rings. The molecule has 1 aliphatic rings. The van der Waals surface area contributed by atoms with Gasteiger partial charge in [-0.2, -0.15) is 10.2 Å². The number of carbonyl (C=O) groups is 3. The Morgan fingerprint density at radius 2 is 2.17 bits per heavy atom. The van der Waals surface area contributed by atoms with E-state index in [0.29, 0.717) is 37.9 Å². The van der Waals surface area contributed by atoms with Crippen LogP contribution in [0.15, 0.2) is 18.6 Å². The topological polar surface area (TPSA) is 175 Å². The lowest BCUT2D eigenvalue weighted by molar-refractivity contribution is -0.129. The first kappa shape index (κ1) is 23.0. The average molecular weight is 421 g/mol. The van der Waals surface area contributed by atoms with Crippen molar-refractivity contribution in [3.05, 3.63) is 30.1 Å². The first-order valence-corrected chi connectivity index (χ1v) is 9.58. The van der Waals surface area contributed by atoms with Crippen LogP contribution in [-0.4, -0.2) is 72.2 Å². The molecule has 0 bridgehead atoms. The van der Waals surface area contributed by atoms with E-state index in [-0.39, 0.29) is 30.6 Å². The van der Waals surface area contributed by atoms with Crippen LogP contribution in [0.5, 0.6) is 0 Å². The van der Waals surface area contributed by atoms with Gasteiger partial charge in [0.05, 0.1) is 18.6 Å². The number of aliphatic hydroxyl groups is 1. The molecule has 30 heavy (non-hydrogen) atoms. The number of aromatic amines is 1. The number of nitrogens with zero attached hydrogens (tertiary/aromatic N) is 4. The number of aryl methyl sites for hydroxylation is 1. The van der Waals surface area contributed by atoms with Crippen LogP contribution in [0.4, 0.5) is 0 Å². The van der Waals surface area contributed by atoms with Gasteiger partial charge in [0.2, 0.25) is 11.8 Å². The summed E-state index contributed by atoms with van der Waals surface area (Å²) >= 11 is 0. The Balaban J connectivity index is 0.00000101. The number of H-pyrrole nitrogens is 1. The number of amides is 2. The summed E-state index contributed by atoms with van der Waals surface area (Å²) in [4.78, 5) is 37.1. The summed E-state index contributed by atoms with van der Waals surface area (Å²) < 4.78 is 1.67. The molecular weight excluding hydrogens is 394 g/mol. The summed E-state index contributed by atoms with van der Waals surface area (Å²) in [6.45, 7) is 0.223. The van der Waals surface area contributed by atoms with Crippen molar-refractivity contribution in [2.75, 3.05) is 6.54 Å². The van der Waals surface area contributed by atoms with Gasteiger partial charge < -0.3 is 20.8 Å². The van der Waals surface area contributed by atoms with Crippen LogP contribution in [0.3, 0.4) is 0 Å². The fourth-order valence-corrected chi connectivity index (χ4v) is 3.35. The smallest absolute Gasteiger partial charge is 0.290 e. The highest BCUT2D eigenvalue weighted by Gasteiger charge is 2.33. The van der Waals surface area contributed by atoms with E-state index in [4.69, 9.17) is 9.90 Å². The highest BCUT2D eigenvalue weighted by Crippen LogP contribution is 2.25. The van der Waals surface area contributed by atoms with Crippen molar-refractivity contribution >= 4 is 18.3 Å². The summed E-state index contributed by atoms with van der Waals surface area (Å²) in [5.41, 5.74) is 0.705. The molecule has 0 saturated heterocycles. The minimum atomic E-state index is -0.640. The quantitative estimate of drug-likeness (QED) is 0.346. The molecule has 2 heterocycles. The van der Waals surface area contributed by atoms with Gasteiger partial charge in [0, 0.05) is 37.8 Å². The molecule has 0 aliphatic heterocycles. The number of aromatic nitrogens is 5. The molecule has 12 heteroatoms. The molecular formula is C18H27N7O5. The molecule has 0 spiro atoms. The molecule has 1 fully saturated rings. The number of nitrogens with one attached hydrogen (secondary N) is 3. The Labute approximate surface area is 173 Å². The first-order valence-electron chi connectivity index (χ1n) is 9.58. The summed E-state index contributed by atoms with van der Waals surface area (Å²) in [7, 11) is 1.81. The van der Waals surface area contributed by atoms with E-state index in [1.54, 1.807) is 16.9 Å². The zero-order chi connectivity index (χ0) is 21.9. The van der Waals surface area contributed by atoms with Crippen molar-refractivity contribution in [3.8, 4) is 0 Å². The van der Waals surface area contributed by atoms with E-state index < -0.39 is 12.1 Å². The number of carboxylic acid groups (broad SMARTS) is 1. The van der Waals surface area contributed by atoms with Crippen LogP contribution >= 0.6 is 0 Å². The van der Waals surface area contributed by atoms with Crippen molar-refractivity contribution < 1.29 is 24.6 Å². The molecule has 2 amide bonds. The Morgan fingerprint density at radius 1 is 1.40 bits per heavy atom. The predicted octanol–water partition coefficient (Wildman–Crippen LogP) is -1.21. The second-order valence-electron chi connectivity index (χ2n) is 6.96. The third-order valence-electron chi connectivity index (χ3n) is 4.89. The minimum absolute atomic E-state index is 0.0584. The summed E-state index contributed by atoms with van der Waals surface area (Å²) in [6, 6.07) is 1.30. The van der Waals surface area contributed by atoms with Crippen LogP contribution in [0.1, 0.15) is 30.8 Å². The fraction of sp³-hybridized carbons (Fsp3) is 0.556. The van der Waals surface area contributed by atoms with Gasteiger partial charge in [-0.05, 0) is 25.3 Å². The van der Waals surface area contributed by atoms with Crippen LogP contribution in [-0.2, 0) is 34.3 Å². The molecule has 0 unspecified atom stereocenters. The van der Waals surface area contributed by atoms with Gasteiger partial charge in [0.25, 0.3) is 6.47 Å². The number of hydrogen-bond donors (Lipinski definition) is 5. The van der Waals surface area contributed by atoms with Gasteiger partial charge in [-0.25, -0.2) is 4.98 Å². The SMILES string of the molecule is Cn1ncnc1CCNC(=O)[C@H]1CC[C@@H](O)[C@H](NC(=O)Cc2ccn[nH]2)C1.O=CO. The molecule has 0 radical (unpaired) electrons. The van der Waals surface area contributed by atoms with Crippen LogP contribution in [0.2, 0.25) is 0 Å². The van der Waals surface area contributed by atoms with E-state index in [0.717, 1.165) is 5.82 Å². The van der Waals surface area contributed by atoms with E-state index in [2.05, 4.69) is 30.9 Å². The number of rotatable bonds is 7. The van der Waals surface area contributed by atoms with E-state index >= 15 is 0 Å². The van der Waals surface area contributed by atoms with Crippen LogP contribution in [0.25, 0.3) is 0 Å². The second-order valence-corrected chi connectivity index (χ2v) is 6.96. The van der Waals surface area contributed by atoms with Crippen molar-refractivity contribution in [3.63, 3.8) is 0 Å². The number of carbonyl (C=O) groups excluding carboxylic acids is 2. The molecule has 1 saturated carbocycles. The van der Waals surface area contributed by atoms with E-state index in [1.807, 2.05) is 7.05 Å². The lowest BCUT2D eigenvalue weighted by Crippen LogP contribution is -2.50. The molecule has 3 rings (SSSR count). The van der Waals surface area contributed by atoms with Gasteiger partial charge >= 0.3 is 0 Å². The summed E-state index contributed by atoms with van der Waals surface area (Å²) in [6.07, 6.45) is 4.69. The van der Waals surface area contributed by atoms with E-state index in [1.165, 1.54) is 6.33 Å². The average Bonchev–Trinajstić information content (AvgIpc) is 3.36. The van der Waals surface area contributed by atoms with E-state index in [9.17, 15) is 14.7 Å².